The van der Waals surface area contributed by atoms with Gasteiger partial charge >= 0.3 is 0 Å². The summed E-state index contributed by atoms with van der Waals surface area (Å²) in [7, 11) is 0. The molecule has 0 saturated carbocycles. The first-order valence-electron chi connectivity index (χ1n) is 8.57. The van der Waals surface area contributed by atoms with Gasteiger partial charge in [-0.3, -0.25) is 9.20 Å². The molecule has 0 aliphatic rings. The number of aromatic nitrogens is 3. The molecule has 6 aromatic rings. The predicted molar refractivity (Wildman–Crippen MR) is 107 cm³/mol. The number of nitrogens with zero attached hydrogens (tertiary/aromatic N) is 3. The zero-order chi connectivity index (χ0) is 18.8. The molecule has 0 aliphatic heterocycles. The normalized spacial score (nSPS) is 11.9. The Morgan fingerprint density at radius 2 is 1.82 bits per heavy atom. The molecule has 0 N–H and O–H groups in total. The zero-order valence-electron chi connectivity index (χ0n) is 14.2. The molecule has 2 aromatic carbocycles. The number of fused-ring (bicyclic) bond motifs is 6. The summed E-state index contributed by atoms with van der Waals surface area (Å²) in [6, 6.07) is 13.5. The molecule has 0 aliphatic carbocycles. The van der Waals surface area contributed by atoms with Crippen molar-refractivity contribution < 1.29 is 8.81 Å². The molecule has 0 bridgehead atoms. The molecule has 0 fully saturated rings. The number of para-hydroxylation sites is 1. The van der Waals surface area contributed by atoms with Gasteiger partial charge in [0.15, 0.2) is 10.5 Å². The van der Waals surface area contributed by atoms with Crippen molar-refractivity contribution in [1.82, 2.24) is 14.4 Å². The highest BCUT2D eigenvalue weighted by molar-refractivity contribution is 7.15. The zero-order valence-corrected chi connectivity index (χ0v) is 15.0. The third kappa shape index (κ3) is 2.02. The van der Waals surface area contributed by atoms with Crippen molar-refractivity contribution in [3.63, 3.8) is 0 Å². The lowest BCUT2D eigenvalue weighted by Gasteiger charge is -2.07. The molecule has 0 unspecified atom stereocenters. The lowest BCUT2D eigenvalue weighted by Crippen LogP contribution is -2.14. The third-order valence-electron chi connectivity index (χ3n) is 4.83. The fraction of sp³-hybridized carbons (Fsp3) is 0. The molecule has 28 heavy (non-hydrogen) atoms. The Labute approximate surface area is 160 Å². The molecule has 0 radical (unpaired) electrons. The first-order chi connectivity index (χ1) is 13.7. The van der Waals surface area contributed by atoms with Crippen LogP contribution in [-0.4, -0.2) is 14.4 Å². The van der Waals surface area contributed by atoms with Crippen LogP contribution >= 0.6 is 11.3 Å². The number of pyridine rings is 1. The highest BCUT2D eigenvalue weighted by atomic mass is 32.1. The van der Waals surface area contributed by atoms with Crippen LogP contribution in [0.25, 0.3) is 49.2 Å². The molecule has 7 heteroatoms. The molecule has 0 saturated heterocycles. The second-order valence-electron chi connectivity index (χ2n) is 6.44. The van der Waals surface area contributed by atoms with Crippen LogP contribution in [0.3, 0.4) is 0 Å². The Balaban J connectivity index is 1.90. The first-order valence-corrected chi connectivity index (χ1v) is 9.45. The maximum absolute atomic E-state index is 13.5. The number of benzene rings is 2. The number of rotatable bonds is 1. The maximum Gasteiger partial charge on any atom is 0.268 e. The fourth-order valence-corrected chi connectivity index (χ4v) is 4.25. The highest BCUT2D eigenvalue weighted by Gasteiger charge is 2.21. The van der Waals surface area contributed by atoms with E-state index < -0.39 is 0 Å². The monoisotopic (exact) mass is 387 g/mol. The van der Waals surface area contributed by atoms with E-state index in [-0.39, 0.29) is 11.4 Å². The van der Waals surface area contributed by atoms with Crippen molar-refractivity contribution in [1.29, 1.82) is 0 Å². The molecular formula is C21H10FN3O2S. The van der Waals surface area contributed by atoms with Crippen molar-refractivity contribution in [2.24, 2.45) is 0 Å². The Morgan fingerprint density at radius 3 is 2.68 bits per heavy atom. The standard InChI is InChI=1S/C21H10FN3O2S/c22-12-7-5-11(6-8-12)16-15-18(24-21-25(20(15)26)9-10-28-21)19-17(23-16)13-3-1-2-4-14(13)27-19/h1-10H. The van der Waals surface area contributed by atoms with Gasteiger partial charge in [0.25, 0.3) is 5.56 Å². The van der Waals surface area contributed by atoms with E-state index in [2.05, 4.69) is 0 Å². The average molecular weight is 387 g/mol. The molecule has 6 rings (SSSR count). The minimum absolute atomic E-state index is 0.226. The van der Waals surface area contributed by atoms with Gasteiger partial charge in [-0.05, 0) is 36.4 Å². The van der Waals surface area contributed by atoms with E-state index in [0.717, 1.165) is 5.39 Å². The smallest absolute Gasteiger partial charge is 0.268 e. The Bertz CT molecular complexity index is 1600. The molecule has 134 valence electrons. The van der Waals surface area contributed by atoms with Crippen LogP contribution in [0, 0.1) is 5.82 Å². The van der Waals surface area contributed by atoms with Crippen LogP contribution < -0.4 is 5.56 Å². The topological polar surface area (TPSA) is 60.4 Å². The summed E-state index contributed by atoms with van der Waals surface area (Å²) in [6.45, 7) is 0. The van der Waals surface area contributed by atoms with Crippen molar-refractivity contribution in [2.45, 2.75) is 0 Å². The van der Waals surface area contributed by atoms with E-state index in [1.807, 2.05) is 29.6 Å². The summed E-state index contributed by atoms with van der Waals surface area (Å²) >= 11 is 1.38. The van der Waals surface area contributed by atoms with Gasteiger partial charge in [-0.25, -0.2) is 14.4 Å². The average Bonchev–Trinajstić information content (AvgIpc) is 3.33. The van der Waals surface area contributed by atoms with E-state index in [4.69, 9.17) is 14.4 Å². The molecule has 5 nitrogen and oxygen atoms in total. The van der Waals surface area contributed by atoms with Gasteiger partial charge in [0, 0.05) is 22.5 Å². The minimum atomic E-state index is -0.349. The second-order valence-corrected chi connectivity index (χ2v) is 7.31. The van der Waals surface area contributed by atoms with E-state index in [1.54, 1.807) is 18.3 Å². The molecule has 0 atom stereocenters. The van der Waals surface area contributed by atoms with Gasteiger partial charge in [0.05, 0.1) is 11.1 Å². The SMILES string of the molecule is O=c1c2c(-c3ccc(F)cc3)nc3c4ccccc4oc3c2nc2sccn12. The Morgan fingerprint density at radius 1 is 1.00 bits per heavy atom. The van der Waals surface area contributed by atoms with Crippen molar-refractivity contribution in [3.8, 4) is 11.3 Å². The quantitative estimate of drug-likeness (QED) is 0.398. The molecule has 4 heterocycles. The van der Waals surface area contributed by atoms with Crippen molar-refractivity contribution in [2.75, 3.05) is 0 Å². The Kier molecular flexibility index (Phi) is 3.02. The summed E-state index contributed by atoms with van der Waals surface area (Å²) < 4.78 is 21.0. The van der Waals surface area contributed by atoms with E-state index in [9.17, 15) is 9.18 Å². The molecule has 4 aromatic heterocycles. The molecule has 0 amide bonds. The van der Waals surface area contributed by atoms with Crippen LogP contribution in [0.2, 0.25) is 0 Å². The van der Waals surface area contributed by atoms with Gasteiger partial charge in [0.1, 0.15) is 22.4 Å². The van der Waals surface area contributed by atoms with Crippen LogP contribution in [0.5, 0.6) is 0 Å². The van der Waals surface area contributed by atoms with Gasteiger partial charge in [0.2, 0.25) is 0 Å². The van der Waals surface area contributed by atoms with Crippen molar-refractivity contribution in [3.05, 3.63) is 76.3 Å². The summed E-state index contributed by atoms with van der Waals surface area (Å²) in [5.74, 6) is -0.349. The lowest BCUT2D eigenvalue weighted by atomic mass is 10.1. The Hall–Kier alpha value is -3.58. The number of furan rings is 1. The predicted octanol–water partition coefficient (Wildman–Crippen LogP) is 5.01. The highest BCUT2D eigenvalue weighted by Crippen LogP contribution is 2.35. The van der Waals surface area contributed by atoms with Gasteiger partial charge < -0.3 is 4.42 Å². The largest absolute Gasteiger partial charge is 0.452 e. The van der Waals surface area contributed by atoms with Crippen LogP contribution in [-0.2, 0) is 0 Å². The summed E-state index contributed by atoms with van der Waals surface area (Å²) in [5.41, 5.74) is 3.14. The number of hydrogen-bond acceptors (Lipinski definition) is 5. The van der Waals surface area contributed by atoms with Gasteiger partial charge in [-0.2, -0.15) is 0 Å². The first kappa shape index (κ1) is 15.5. The fourth-order valence-electron chi connectivity index (χ4n) is 3.55. The molecular weight excluding hydrogens is 377 g/mol. The van der Waals surface area contributed by atoms with Crippen molar-refractivity contribution >= 4 is 49.3 Å². The summed E-state index contributed by atoms with van der Waals surface area (Å²) in [4.78, 5) is 23.3. The van der Waals surface area contributed by atoms with Gasteiger partial charge in [-0.15, -0.1) is 11.3 Å². The number of hydrogen-bond donors (Lipinski definition) is 0. The van der Waals surface area contributed by atoms with E-state index in [1.165, 1.54) is 27.9 Å². The minimum Gasteiger partial charge on any atom is -0.452 e. The molecule has 0 spiro atoms. The number of halogens is 1. The van der Waals surface area contributed by atoms with Crippen LogP contribution in [0.1, 0.15) is 0 Å². The van der Waals surface area contributed by atoms with Crippen LogP contribution in [0.4, 0.5) is 4.39 Å². The summed E-state index contributed by atoms with van der Waals surface area (Å²) in [5, 5.41) is 3.01. The van der Waals surface area contributed by atoms with E-state index >= 15 is 0 Å². The summed E-state index contributed by atoms with van der Waals surface area (Å²) in [6.07, 6.45) is 1.69. The van der Waals surface area contributed by atoms with Crippen LogP contribution in [0.15, 0.2) is 69.3 Å². The van der Waals surface area contributed by atoms with E-state index in [0.29, 0.717) is 43.8 Å². The lowest BCUT2D eigenvalue weighted by molar-refractivity contribution is 0.628. The second kappa shape index (κ2) is 5.46. The maximum atomic E-state index is 13.5. The number of thiazole rings is 1. The third-order valence-corrected chi connectivity index (χ3v) is 5.59. The van der Waals surface area contributed by atoms with Gasteiger partial charge in [-0.1, -0.05) is 12.1 Å².